The van der Waals surface area contributed by atoms with Gasteiger partial charge in [-0.3, -0.25) is 4.98 Å². The Kier molecular flexibility index (Phi) is 4.41. The van der Waals surface area contributed by atoms with E-state index in [-0.39, 0.29) is 10.6 Å². The zero-order valence-electron chi connectivity index (χ0n) is 12.8. The molecule has 0 amide bonds. The van der Waals surface area contributed by atoms with Gasteiger partial charge in [0.05, 0.1) is 16.6 Å². The molecule has 2 heterocycles. The maximum atomic E-state index is 14.2. The van der Waals surface area contributed by atoms with Crippen LogP contribution in [0.1, 0.15) is 18.7 Å². The van der Waals surface area contributed by atoms with Crippen LogP contribution in [0.15, 0.2) is 66.0 Å². The van der Waals surface area contributed by atoms with Gasteiger partial charge in [-0.2, -0.15) is 5.10 Å². The molecule has 0 radical (unpaired) electrons. The molecule has 6 nitrogen and oxygen atoms in total. The van der Waals surface area contributed by atoms with E-state index in [4.69, 9.17) is 0 Å². The van der Waals surface area contributed by atoms with Crippen molar-refractivity contribution in [3.05, 3.63) is 72.6 Å². The van der Waals surface area contributed by atoms with E-state index in [0.717, 1.165) is 6.07 Å². The third-order valence-corrected chi connectivity index (χ3v) is 4.98. The molecule has 0 bridgehead atoms. The number of aromatic nitrogens is 3. The van der Waals surface area contributed by atoms with Crippen LogP contribution in [0, 0.1) is 5.82 Å². The molecule has 8 heteroatoms. The highest BCUT2D eigenvalue weighted by molar-refractivity contribution is 7.89. The summed E-state index contributed by atoms with van der Waals surface area (Å²) < 4.78 is 42.9. The Morgan fingerprint density at radius 2 is 2.00 bits per heavy atom. The molecule has 2 aromatic heterocycles. The highest BCUT2D eigenvalue weighted by atomic mass is 32.2. The van der Waals surface area contributed by atoms with E-state index in [9.17, 15) is 12.8 Å². The van der Waals surface area contributed by atoms with E-state index in [2.05, 4.69) is 14.8 Å². The molecule has 0 spiro atoms. The monoisotopic (exact) mass is 346 g/mol. The molecule has 0 saturated heterocycles. The van der Waals surface area contributed by atoms with Crippen molar-refractivity contribution in [3.8, 4) is 5.69 Å². The first-order valence-electron chi connectivity index (χ1n) is 7.20. The van der Waals surface area contributed by atoms with Crippen molar-refractivity contribution < 1.29 is 12.8 Å². The van der Waals surface area contributed by atoms with Crippen molar-refractivity contribution in [2.45, 2.75) is 17.9 Å². The van der Waals surface area contributed by atoms with Crippen molar-refractivity contribution in [1.29, 1.82) is 0 Å². The molecule has 1 aromatic carbocycles. The minimum absolute atomic E-state index is 0.154. The second-order valence-electron chi connectivity index (χ2n) is 5.16. The molecule has 1 N–H and O–H groups in total. The van der Waals surface area contributed by atoms with Gasteiger partial charge in [0.2, 0.25) is 10.0 Å². The topological polar surface area (TPSA) is 76.9 Å². The Morgan fingerprint density at radius 3 is 2.62 bits per heavy atom. The summed E-state index contributed by atoms with van der Waals surface area (Å²) in [6, 6.07) is 10.0. The SMILES string of the molecule is CC(NS(=O)(=O)c1ccc(-n2cccn2)c(F)c1)c1ccccn1. The van der Waals surface area contributed by atoms with Crippen LogP contribution < -0.4 is 4.72 Å². The minimum atomic E-state index is -3.88. The van der Waals surface area contributed by atoms with Gasteiger partial charge in [0, 0.05) is 18.6 Å². The van der Waals surface area contributed by atoms with Gasteiger partial charge in [0.25, 0.3) is 0 Å². The fourth-order valence-corrected chi connectivity index (χ4v) is 3.47. The first kappa shape index (κ1) is 16.3. The fraction of sp³-hybridized carbons (Fsp3) is 0.125. The van der Waals surface area contributed by atoms with Gasteiger partial charge in [-0.1, -0.05) is 6.07 Å². The van der Waals surface area contributed by atoms with Crippen molar-refractivity contribution in [3.63, 3.8) is 0 Å². The van der Waals surface area contributed by atoms with Crippen molar-refractivity contribution >= 4 is 10.0 Å². The molecule has 24 heavy (non-hydrogen) atoms. The first-order chi connectivity index (χ1) is 11.5. The van der Waals surface area contributed by atoms with Gasteiger partial charge in [0.1, 0.15) is 11.5 Å². The zero-order valence-corrected chi connectivity index (χ0v) is 13.6. The Hall–Kier alpha value is -2.58. The van der Waals surface area contributed by atoms with Crippen LogP contribution in [-0.2, 0) is 10.0 Å². The average Bonchev–Trinajstić information content (AvgIpc) is 3.09. The quantitative estimate of drug-likeness (QED) is 0.770. The van der Waals surface area contributed by atoms with E-state index in [0.29, 0.717) is 5.69 Å². The standard InChI is InChI=1S/C16H15FN4O2S/c1-12(15-5-2-3-8-18-15)20-24(22,23)13-6-7-16(14(17)11-13)21-10-4-9-19-21/h2-12,20H,1H3. The van der Waals surface area contributed by atoms with Crippen LogP contribution in [0.2, 0.25) is 0 Å². The molecule has 0 saturated carbocycles. The van der Waals surface area contributed by atoms with Crippen LogP contribution in [0.4, 0.5) is 4.39 Å². The van der Waals surface area contributed by atoms with E-state index in [1.54, 1.807) is 43.6 Å². The molecule has 0 fully saturated rings. The molecule has 0 aliphatic heterocycles. The highest BCUT2D eigenvalue weighted by Gasteiger charge is 2.20. The Labute approximate surface area is 139 Å². The van der Waals surface area contributed by atoms with E-state index in [1.165, 1.54) is 23.0 Å². The summed E-state index contributed by atoms with van der Waals surface area (Å²) in [5.74, 6) is -0.674. The maximum Gasteiger partial charge on any atom is 0.241 e. The smallest absolute Gasteiger partial charge is 0.241 e. The molecule has 1 atom stereocenters. The second kappa shape index (κ2) is 6.50. The molecule has 0 aliphatic rings. The lowest BCUT2D eigenvalue weighted by molar-refractivity contribution is 0.560. The summed E-state index contributed by atoms with van der Waals surface area (Å²) in [6.45, 7) is 1.67. The molecule has 3 rings (SSSR count). The lowest BCUT2D eigenvalue weighted by atomic mass is 10.2. The third-order valence-electron chi connectivity index (χ3n) is 3.44. The van der Waals surface area contributed by atoms with E-state index in [1.807, 2.05) is 0 Å². The summed E-state index contributed by atoms with van der Waals surface area (Å²) in [7, 11) is -3.88. The zero-order chi connectivity index (χ0) is 17.2. The summed E-state index contributed by atoms with van der Waals surface area (Å²) >= 11 is 0. The largest absolute Gasteiger partial charge is 0.260 e. The van der Waals surface area contributed by atoms with Crippen LogP contribution in [0.3, 0.4) is 0 Å². The fourth-order valence-electron chi connectivity index (χ4n) is 2.25. The highest BCUT2D eigenvalue weighted by Crippen LogP contribution is 2.20. The number of pyridine rings is 1. The third kappa shape index (κ3) is 3.34. The Morgan fingerprint density at radius 1 is 1.17 bits per heavy atom. The van der Waals surface area contributed by atoms with Crippen LogP contribution in [0.25, 0.3) is 5.69 Å². The number of hydrogen-bond acceptors (Lipinski definition) is 4. The number of rotatable bonds is 5. The minimum Gasteiger partial charge on any atom is -0.260 e. The summed E-state index contributed by atoms with van der Waals surface area (Å²) in [6.07, 6.45) is 4.67. The van der Waals surface area contributed by atoms with Crippen LogP contribution >= 0.6 is 0 Å². The molecule has 124 valence electrons. The van der Waals surface area contributed by atoms with Crippen molar-refractivity contribution in [2.75, 3.05) is 0 Å². The Bertz CT molecular complexity index is 928. The summed E-state index contributed by atoms with van der Waals surface area (Å²) in [5, 5.41) is 3.93. The van der Waals surface area contributed by atoms with Gasteiger partial charge >= 0.3 is 0 Å². The van der Waals surface area contributed by atoms with Gasteiger partial charge in [-0.05, 0) is 43.3 Å². The molecular formula is C16H15FN4O2S. The number of hydrogen-bond donors (Lipinski definition) is 1. The normalized spacial score (nSPS) is 12.9. The number of benzene rings is 1. The molecule has 3 aromatic rings. The van der Waals surface area contributed by atoms with Crippen molar-refractivity contribution in [1.82, 2.24) is 19.5 Å². The van der Waals surface area contributed by atoms with Crippen LogP contribution in [0.5, 0.6) is 0 Å². The Balaban J connectivity index is 1.86. The predicted octanol–water partition coefficient (Wildman–Crippen LogP) is 2.45. The molecule has 1 unspecified atom stereocenters. The van der Waals surface area contributed by atoms with E-state index < -0.39 is 21.9 Å². The predicted molar refractivity (Wildman–Crippen MR) is 86.5 cm³/mol. The van der Waals surface area contributed by atoms with Gasteiger partial charge < -0.3 is 0 Å². The number of halogens is 1. The first-order valence-corrected chi connectivity index (χ1v) is 8.68. The van der Waals surface area contributed by atoms with Crippen molar-refractivity contribution in [2.24, 2.45) is 0 Å². The lowest BCUT2D eigenvalue weighted by Crippen LogP contribution is -2.27. The van der Waals surface area contributed by atoms with Gasteiger partial charge in [-0.25, -0.2) is 22.2 Å². The summed E-state index contributed by atoms with van der Waals surface area (Å²) in [4.78, 5) is 3.96. The summed E-state index contributed by atoms with van der Waals surface area (Å²) in [5.41, 5.74) is 0.756. The number of nitrogens with zero attached hydrogens (tertiary/aromatic N) is 3. The lowest BCUT2D eigenvalue weighted by Gasteiger charge is -2.14. The molecule has 0 aliphatic carbocycles. The molecular weight excluding hydrogens is 331 g/mol. The van der Waals surface area contributed by atoms with Gasteiger partial charge in [-0.15, -0.1) is 0 Å². The second-order valence-corrected chi connectivity index (χ2v) is 6.88. The van der Waals surface area contributed by atoms with E-state index >= 15 is 0 Å². The van der Waals surface area contributed by atoms with Gasteiger partial charge in [0.15, 0.2) is 0 Å². The number of sulfonamides is 1. The average molecular weight is 346 g/mol. The number of nitrogens with one attached hydrogen (secondary N) is 1. The maximum absolute atomic E-state index is 14.2. The van der Waals surface area contributed by atoms with Crippen LogP contribution in [-0.4, -0.2) is 23.2 Å².